The van der Waals surface area contributed by atoms with Crippen LogP contribution in [0.3, 0.4) is 0 Å². The fourth-order valence-corrected chi connectivity index (χ4v) is 4.61. The van der Waals surface area contributed by atoms with Gasteiger partial charge in [0.05, 0.1) is 4.92 Å². The van der Waals surface area contributed by atoms with Crippen molar-refractivity contribution >= 4 is 48.8 Å². The van der Waals surface area contributed by atoms with Crippen LogP contribution in [-0.4, -0.2) is 4.92 Å². The van der Waals surface area contributed by atoms with Crippen LogP contribution in [0.1, 0.15) is 0 Å². The lowest BCUT2D eigenvalue weighted by atomic mass is 9.91. The highest BCUT2D eigenvalue weighted by molar-refractivity contribution is 6.25. The molecule has 0 spiro atoms. The number of fused-ring (bicyclic) bond motifs is 7. The normalized spacial score (nSPS) is 11.5. The van der Waals surface area contributed by atoms with E-state index in [9.17, 15) is 10.1 Å². The molecule has 0 radical (unpaired) electrons. The van der Waals surface area contributed by atoms with Crippen LogP contribution in [0.4, 0.5) is 5.69 Å². The molecule has 0 heterocycles. The first-order valence-electron chi connectivity index (χ1n) is 10.2. The number of benzene rings is 6. The molecule has 0 saturated carbocycles. The van der Waals surface area contributed by atoms with Crippen molar-refractivity contribution in [3.05, 3.63) is 113 Å². The van der Waals surface area contributed by atoms with Crippen molar-refractivity contribution in [2.75, 3.05) is 0 Å². The van der Waals surface area contributed by atoms with Crippen LogP contribution in [0.15, 0.2) is 103 Å². The molecule has 0 fully saturated rings. The molecule has 31 heavy (non-hydrogen) atoms. The fraction of sp³-hybridized carbons (Fsp3) is 0. The van der Waals surface area contributed by atoms with Crippen LogP contribution in [-0.2, 0) is 0 Å². The molecule has 0 N–H and O–H groups in total. The molecule has 146 valence electrons. The Morgan fingerprint density at radius 1 is 0.484 bits per heavy atom. The summed E-state index contributed by atoms with van der Waals surface area (Å²) in [5.74, 6) is 0. The van der Waals surface area contributed by atoms with Crippen molar-refractivity contribution in [2.45, 2.75) is 0 Å². The molecule has 0 unspecified atom stereocenters. The number of hydrogen-bond acceptors (Lipinski definition) is 2. The molecule has 6 aromatic carbocycles. The first kappa shape index (κ1) is 17.6. The number of rotatable bonds is 2. The van der Waals surface area contributed by atoms with Crippen molar-refractivity contribution in [1.82, 2.24) is 0 Å². The van der Waals surface area contributed by atoms with Gasteiger partial charge in [0.2, 0.25) is 0 Å². The summed E-state index contributed by atoms with van der Waals surface area (Å²) in [4.78, 5) is 10.7. The molecule has 0 saturated heterocycles. The van der Waals surface area contributed by atoms with Gasteiger partial charge in [0.25, 0.3) is 5.69 Å². The maximum atomic E-state index is 11.1. The molecular weight excluding hydrogens is 382 g/mol. The molecule has 0 aliphatic heterocycles. The Hall–Kier alpha value is -4.24. The van der Waals surface area contributed by atoms with Gasteiger partial charge in [0.1, 0.15) is 0 Å². The summed E-state index contributed by atoms with van der Waals surface area (Å²) in [7, 11) is 0. The van der Waals surface area contributed by atoms with Crippen molar-refractivity contribution in [3.8, 4) is 11.1 Å². The minimum Gasteiger partial charge on any atom is -0.258 e. The Balaban J connectivity index is 1.60. The second-order valence-corrected chi connectivity index (χ2v) is 7.85. The monoisotopic (exact) mass is 399 g/mol. The Kier molecular flexibility index (Phi) is 3.77. The molecule has 6 rings (SSSR count). The third kappa shape index (κ3) is 2.75. The van der Waals surface area contributed by atoms with Gasteiger partial charge in [-0.05, 0) is 72.4 Å². The smallest absolute Gasteiger partial charge is 0.258 e. The second-order valence-electron chi connectivity index (χ2n) is 7.85. The van der Waals surface area contributed by atoms with Crippen molar-refractivity contribution < 1.29 is 4.92 Å². The highest BCUT2D eigenvalue weighted by atomic mass is 16.6. The summed E-state index contributed by atoms with van der Waals surface area (Å²) >= 11 is 0. The third-order valence-corrected chi connectivity index (χ3v) is 6.11. The van der Waals surface area contributed by atoms with Gasteiger partial charge in [0, 0.05) is 12.1 Å². The quantitative estimate of drug-likeness (QED) is 0.169. The standard InChI is InChI=1S/C28H17NO2/c30-29(31)22-13-11-19-15-18(9-10-20(19)16-22)21-12-14-27-25-7-2-1-5-23(25)24-6-3-4-8-26(24)28(27)17-21/h1-17H. The van der Waals surface area contributed by atoms with Crippen molar-refractivity contribution in [3.63, 3.8) is 0 Å². The Morgan fingerprint density at radius 3 is 1.61 bits per heavy atom. The molecule has 0 atom stereocenters. The highest BCUT2D eigenvalue weighted by Crippen LogP contribution is 2.37. The van der Waals surface area contributed by atoms with E-state index < -0.39 is 0 Å². The zero-order valence-corrected chi connectivity index (χ0v) is 16.6. The average Bonchev–Trinajstić information content (AvgIpc) is 2.83. The predicted molar refractivity (Wildman–Crippen MR) is 129 cm³/mol. The van der Waals surface area contributed by atoms with E-state index in [-0.39, 0.29) is 10.6 Å². The predicted octanol–water partition coefficient (Wildman–Crippen LogP) is 7.87. The minimum absolute atomic E-state index is 0.115. The Morgan fingerprint density at radius 2 is 0.968 bits per heavy atom. The summed E-state index contributed by atoms with van der Waals surface area (Å²) in [5, 5.41) is 20.4. The number of nitrogens with zero attached hydrogens (tertiary/aromatic N) is 1. The minimum atomic E-state index is -0.355. The number of non-ortho nitro benzene ring substituents is 1. The summed E-state index contributed by atoms with van der Waals surface area (Å²) in [5.41, 5.74) is 2.35. The summed E-state index contributed by atoms with van der Waals surface area (Å²) < 4.78 is 0. The first-order chi connectivity index (χ1) is 15.2. The van der Waals surface area contributed by atoms with E-state index in [1.54, 1.807) is 12.1 Å². The van der Waals surface area contributed by atoms with Gasteiger partial charge in [-0.1, -0.05) is 72.8 Å². The fourth-order valence-electron chi connectivity index (χ4n) is 4.61. The molecule has 0 amide bonds. The van der Waals surface area contributed by atoms with Crippen LogP contribution < -0.4 is 0 Å². The van der Waals surface area contributed by atoms with Crippen molar-refractivity contribution in [2.24, 2.45) is 0 Å². The van der Waals surface area contributed by atoms with Gasteiger partial charge < -0.3 is 0 Å². The average molecular weight is 399 g/mol. The summed E-state index contributed by atoms with van der Waals surface area (Å²) in [6.07, 6.45) is 0. The topological polar surface area (TPSA) is 43.1 Å². The zero-order chi connectivity index (χ0) is 20.9. The van der Waals surface area contributed by atoms with Crippen LogP contribution in [0, 0.1) is 10.1 Å². The largest absolute Gasteiger partial charge is 0.270 e. The van der Waals surface area contributed by atoms with Crippen LogP contribution in [0.5, 0.6) is 0 Å². The summed E-state index contributed by atoms with van der Waals surface area (Å²) in [6.45, 7) is 0. The number of nitro groups is 1. The molecular formula is C28H17NO2. The molecule has 6 aromatic rings. The van der Waals surface area contributed by atoms with Gasteiger partial charge in [-0.2, -0.15) is 0 Å². The lowest BCUT2D eigenvalue weighted by molar-refractivity contribution is -0.384. The highest BCUT2D eigenvalue weighted by Gasteiger charge is 2.11. The second kappa shape index (κ2) is 6.64. The maximum Gasteiger partial charge on any atom is 0.270 e. The Labute approximate surface area is 178 Å². The van der Waals surface area contributed by atoms with Crippen LogP contribution in [0.2, 0.25) is 0 Å². The Bertz CT molecular complexity index is 1630. The van der Waals surface area contributed by atoms with Gasteiger partial charge >= 0.3 is 0 Å². The van der Waals surface area contributed by atoms with E-state index in [4.69, 9.17) is 0 Å². The molecule has 0 aromatic heterocycles. The SMILES string of the molecule is O=[N+]([O-])c1ccc2cc(-c3ccc4c5ccccc5c5ccccc5c4c3)ccc2c1. The first-order valence-corrected chi connectivity index (χ1v) is 10.2. The van der Waals surface area contributed by atoms with Gasteiger partial charge in [-0.25, -0.2) is 0 Å². The van der Waals surface area contributed by atoms with Crippen molar-refractivity contribution in [1.29, 1.82) is 0 Å². The lowest BCUT2D eigenvalue weighted by Crippen LogP contribution is -1.88. The molecule has 3 nitrogen and oxygen atoms in total. The summed E-state index contributed by atoms with van der Waals surface area (Å²) in [6, 6.07) is 34.8. The zero-order valence-electron chi connectivity index (χ0n) is 16.6. The van der Waals surface area contributed by atoms with E-state index >= 15 is 0 Å². The molecule has 0 aliphatic carbocycles. The lowest BCUT2D eigenvalue weighted by Gasteiger charge is -2.12. The van der Waals surface area contributed by atoms with E-state index in [1.165, 1.54) is 32.3 Å². The van der Waals surface area contributed by atoms with E-state index in [0.29, 0.717) is 0 Å². The van der Waals surface area contributed by atoms with E-state index in [0.717, 1.165) is 21.9 Å². The van der Waals surface area contributed by atoms with E-state index in [1.807, 2.05) is 18.2 Å². The van der Waals surface area contributed by atoms with Gasteiger partial charge in [-0.3, -0.25) is 10.1 Å². The maximum absolute atomic E-state index is 11.1. The van der Waals surface area contributed by atoms with Crippen LogP contribution >= 0.6 is 0 Å². The molecule has 0 bridgehead atoms. The third-order valence-electron chi connectivity index (χ3n) is 6.11. The number of nitro benzene ring substituents is 1. The molecule has 0 aliphatic rings. The number of hydrogen-bond donors (Lipinski definition) is 0. The molecule has 3 heteroatoms. The van der Waals surface area contributed by atoms with E-state index in [2.05, 4.69) is 72.8 Å². The van der Waals surface area contributed by atoms with Gasteiger partial charge in [-0.15, -0.1) is 0 Å². The van der Waals surface area contributed by atoms with Crippen LogP contribution in [0.25, 0.3) is 54.2 Å². The van der Waals surface area contributed by atoms with Gasteiger partial charge in [0.15, 0.2) is 0 Å².